The highest BCUT2D eigenvalue weighted by atomic mass is 16.5. The third-order valence-corrected chi connectivity index (χ3v) is 6.31. The van der Waals surface area contributed by atoms with Gasteiger partial charge in [0.15, 0.2) is 0 Å². The van der Waals surface area contributed by atoms with Gasteiger partial charge in [-0.2, -0.15) is 0 Å². The molecule has 1 heterocycles. The van der Waals surface area contributed by atoms with Crippen molar-refractivity contribution in [3.8, 4) is 17.2 Å². The van der Waals surface area contributed by atoms with E-state index in [9.17, 15) is 14.7 Å². The Labute approximate surface area is 216 Å². The van der Waals surface area contributed by atoms with E-state index in [1.807, 2.05) is 45.0 Å². The third kappa shape index (κ3) is 5.31. The fraction of sp³-hybridized carbons (Fsp3) is 0.267. The Kier molecular flexibility index (Phi) is 7.53. The van der Waals surface area contributed by atoms with Gasteiger partial charge >= 0.3 is 0 Å². The predicted molar refractivity (Wildman–Crippen MR) is 141 cm³/mol. The van der Waals surface area contributed by atoms with Gasteiger partial charge in [-0.25, -0.2) is 0 Å². The molecule has 1 fully saturated rings. The van der Waals surface area contributed by atoms with Gasteiger partial charge in [-0.3, -0.25) is 9.59 Å². The van der Waals surface area contributed by atoms with Crippen molar-refractivity contribution < 1.29 is 28.9 Å². The number of likely N-dealkylation sites (tertiary alicyclic amines) is 1. The lowest BCUT2D eigenvalue weighted by molar-refractivity contribution is -0.140. The van der Waals surface area contributed by atoms with Crippen LogP contribution in [0.2, 0.25) is 0 Å². The number of amides is 1. The SMILES string of the molecule is COc1ccc(C2/C(=C(/O)c3ccc(OC)cc3C)C(=O)C(=O)N2Cc2ccc(OC(C)C)cc2)cc1. The molecule has 1 saturated heterocycles. The van der Waals surface area contributed by atoms with Crippen LogP contribution in [0.3, 0.4) is 0 Å². The van der Waals surface area contributed by atoms with Crippen molar-refractivity contribution in [2.24, 2.45) is 0 Å². The zero-order valence-electron chi connectivity index (χ0n) is 21.6. The number of ether oxygens (including phenoxy) is 3. The topological polar surface area (TPSA) is 85.3 Å². The van der Waals surface area contributed by atoms with Gasteiger partial charge in [0, 0.05) is 12.1 Å². The normalized spacial score (nSPS) is 16.8. The molecule has 1 aliphatic rings. The van der Waals surface area contributed by atoms with E-state index in [0.717, 1.165) is 16.9 Å². The molecule has 3 aromatic carbocycles. The highest BCUT2D eigenvalue weighted by Gasteiger charge is 2.46. The quantitative estimate of drug-likeness (QED) is 0.252. The van der Waals surface area contributed by atoms with Gasteiger partial charge in [0.05, 0.1) is 31.9 Å². The zero-order valence-corrected chi connectivity index (χ0v) is 21.6. The van der Waals surface area contributed by atoms with Crippen LogP contribution in [0.4, 0.5) is 0 Å². The standard InChI is InChI=1S/C30H31NO6/c1-18(2)37-23-10-6-20(7-11-23)17-31-27(21-8-12-22(35-4)13-9-21)26(29(33)30(31)34)28(32)25-15-14-24(36-5)16-19(25)3/h6-16,18,27,32H,17H2,1-5H3/b28-26-. The highest BCUT2D eigenvalue weighted by Crippen LogP contribution is 2.41. The summed E-state index contributed by atoms with van der Waals surface area (Å²) in [7, 11) is 3.13. The summed E-state index contributed by atoms with van der Waals surface area (Å²) in [5, 5.41) is 11.4. The summed E-state index contributed by atoms with van der Waals surface area (Å²) in [6.45, 7) is 5.90. The molecule has 1 atom stereocenters. The fourth-order valence-electron chi connectivity index (χ4n) is 4.49. The minimum absolute atomic E-state index is 0.0418. The Bertz CT molecular complexity index is 1330. The smallest absolute Gasteiger partial charge is 0.295 e. The lowest BCUT2D eigenvalue weighted by atomic mass is 9.93. The summed E-state index contributed by atoms with van der Waals surface area (Å²) in [5.74, 6) is 0.382. The molecule has 4 rings (SSSR count). The molecule has 192 valence electrons. The maximum absolute atomic E-state index is 13.4. The van der Waals surface area contributed by atoms with E-state index < -0.39 is 17.7 Å². The van der Waals surface area contributed by atoms with Gasteiger partial charge in [-0.05, 0) is 79.9 Å². The molecule has 0 radical (unpaired) electrons. The first-order valence-electron chi connectivity index (χ1n) is 12.1. The minimum Gasteiger partial charge on any atom is -0.507 e. The van der Waals surface area contributed by atoms with Crippen LogP contribution in [-0.2, 0) is 16.1 Å². The van der Waals surface area contributed by atoms with Gasteiger partial charge in [0.1, 0.15) is 23.0 Å². The number of hydrogen-bond acceptors (Lipinski definition) is 6. The van der Waals surface area contributed by atoms with Gasteiger partial charge < -0.3 is 24.2 Å². The molecule has 1 unspecified atom stereocenters. The molecule has 1 N–H and O–H groups in total. The maximum atomic E-state index is 13.4. The molecular formula is C30H31NO6. The van der Waals surface area contributed by atoms with E-state index >= 15 is 0 Å². The second-order valence-corrected chi connectivity index (χ2v) is 9.19. The first-order valence-corrected chi connectivity index (χ1v) is 12.1. The first kappa shape index (κ1) is 25.8. The van der Waals surface area contributed by atoms with Gasteiger partial charge in [0.25, 0.3) is 11.7 Å². The summed E-state index contributed by atoms with van der Waals surface area (Å²) in [5.41, 5.74) is 2.75. The molecule has 37 heavy (non-hydrogen) atoms. The number of hydrogen-bond donors (Lipinski definition) is 1. The number of carbonyl (C=O) groups is 2. The summed E-state index contributed by atoms with van der Waals surface area (Å²) in [6.07, 6.45) is 0.0418. The van der Waals surface area contributed by atoms with Gasteiger partial charge in [-0.1, -0.05) is 24.3 Å². The minimum atomic E-state index is -0.779. The molecule has 0 spiro atoms. The van der Waals surface area contributed by atoms with Crippen molar-refractivity contribution in [2.45, 2.75) is 39.5 Å². The largest absolute Gasteiger partial charge is 0.507 e. The zero-order chi connectivity index (χ0) is 26.7. The van der Waals surface area contributed by atoms with E-state index in [1.165, 1.54) is 4.90 Å². The molecule has 3 aromatic rings. The van der Waals surface area contributed by atoms with Crippen LogP contribution >= 0.6 is 0 Å². The van der Waals surface area contributed by atoms with E-state index in [-0.39, 0.29) is 24.0 Å². The maximum Gasteiger partial charge on any atom is 0.295 e. The summed E-state index contributed by atoms with van der Waals surface area (Å²) < 4.78 is 16.3. The van der Waals surface area contributed by atoms with E-state index in [1.54, 1.807) is 56.7 Å². The Morgan fingerprint density at radius 1 is 0.892 bits per heavy atom. The highest BCUT2D eigenvalue weighted by molar-refractivity contribution is 6.46. The number of methoxy groups -OCH3 is 2. The van der Waals surface area contributed by atoms with Crippen LogP contribution in [0.1, 0.15) is 42.1 Å². The van der Waals surface area contributed by atoms with E-state index in [2.05, 4.69) is 0 Å². The average molecular weight is 502 g/mol. The molecule has 1 aliphatic heterocycles. The predicted octanol–water partition coefficient (Wildman–Crippen LogP) is 5.42. The molecular weight excluding hydrogens is 470 g/mol. The number of aliphatic hydroxyl groups is 1. The number of aryl methyl sites for hydroxylation is 1. The van der Waals surface area contributed by atoms with E-state index in [4.69, 9.17) is 14.2 Å². The Hall–Kier alpha value is -4.26. The van der Waals surface area contributed by atoms with Crippen LogP contribution in [0.25, 0.3) is 5.76 Å². The van der Waals surface area contributed by atoms with Crippen molar-refractivity contribution in [1.29, 1.82) is 0 Å². The fourth-order valence-corrected chi connectivity index (χ4v) is 4.49. The summed E-state index contributed by atoms with van der Waals surface area (Å²) >= 11 is 0. The van der Waals surface area contributed by atoms with Crippen LogP contribution in [0.15, 0.2) is 72.3 Å². The first-order chi connectivity index (χ1) is 17.7. The van der Waals surface area contributed by atoms with Crippen molar-refractivity contribution in [3.05, 3.63) is 94.6 Å². The number of Topliss-reactive ketones (excluding diaryl/α,β-unsaturated/α-hetero) is 1. The molecule has 7 heteroatoms. The van der Waals surface area contributed by atoms with Crippen LogP contribution in [0.5, 0.6) is 17.2 Å². The van der Waals surface area contributed by atoms with Gasteiger partial charge in [-0.15, -0.1) is 0 Å². The number of aliphatic hydroxyl groups excluding tert-OH is 1. The lowest BCUT2D eigenvalue weighted by Gasteiger charge is -2.26. The Balaban J connectivity index is 1.79. The number of benzene rings is 3. The molecule has 1 amide bonds. The summed E-state index contributed by atoms with van der Waals surface area (Å²) in [4.78, 5) is 28.2. The van der Waals surface area contributed by atoms with Crippen LogP contribution in [0, 0.1) is 6.92 Å². The third-order valence-electron chi connectivity index (χ3n) is 6.31. The molecule has 0 bridgehead atoms. The van der Waals surface area contributed by atoms with Crippen molar-refractivity contribution in [1.82, 2.24) is 4.90 Å². The Morgan fingerprint density at radius 2 is 1.49 bits per heavy atom. The van der Waals surface area contributed by atoms with Crippen LogP contribution in [-0.4, -0.2) is 42.0 Å². The lowest BCUT2D eigenvalue weighted by Crippen LogP contribution is -2.29. The number of rotatable bonds is 8. The molecule has 0 aromatic heterocycles. The number of nitrogens with zero attached hydrogens (tertiary/aromatic N) is 1. The van der Waals surface area contributed by atoms with E-state index in [0.29, 0.717) is 22.6 Å². The van der Waals surface area contributed by atoms with Crippen molar-refractivity contribution >= 4 is 17.4 Å². The van der Waals surface area contributed by atoms with Crippen molar-refractivity contribution in [2.75, 3.05) is 14.2 Å². The monoisotopic (exact) mass is 501 g/mol. The number of ketones is 1. The molecule has 7 nitrogen and oxygen atoms in total. The Morgan fingerprint density at radius 3 is 2.05 bits per heavy atom. The number of carbonyl (C=O) groups excluding carboxylic acids is 2. The van der Waals surface area contributed by atoms with Crippen molar-refractivity contribution in [3.63, 3.8) is 0 Å². The summed E-state index contributed by atoms with van der Waals surface area (Å²) in [6, 6.07) is 19.0. The second kappa shape index (κ2) is 10.8. The average Bonchev–Trinajstić information content (AvgIpc) is 3.14. The van der Waals surface area contributed by atoms with Gasteiger partial charge in [0.2, 0.25) is 0 Å². The van der Waals surface area contributed by atoms with Crippen LogP contribution < -0.4 is 14.2 Å². The molecule has 0 saturated carbocycles. The molecule has 0 aliphatic carbocycles. The second-order valence-electron chi connectivity index (χ2n) is 9.19.